The summed E-state index contributed by atoms with van der Waals surface area (Å²) in [5.74, 6) is 0.778. The molecule has 0 unspecified atom stereocenters. The lowest BCUT2D eigenvalue weighted by atomic mass is 10.2. The minimum absolute atomic E-state index is 0.0540. The molecule has 0 N–H and O–H groups in total. The first kappa shape index (κ1) is 25.1. The number of hydrogen-bond acceptors (Lipinski definition) is 9. The second-order valence-corrected chi connectivity index (χ2v) is 8.54. The van der Waals surface area contributed by atoms with Crippen molar-refractivity contribution in [2.24, 2.45) is 0 Å². The van der Waals surface area contributed by atoms with Crippen LogP contribution in [0, 0.1) is 10.1 Å². The van der Waals surface area contributed by atoms with Crippen molar-refractivity contribution in [3.63, 3.8) is 0 Å². The van der Waals surface area contributed by atoms with Gasteiger partial charge in [0.05, 0.1) is 48.6 Å². The van der Waals surface area contributed by atoms with Gasteiger partial charge in [0.1, 0.15) is 10.3 Å². The van der Waals surface area contributed by atoms with Crippen LogP contribution in [0.5, 0.6) is 0 Å². The molecular formula is C21H20Cl2N8O3S. The molecule has 0 spiro atoms. The van der Waals surface area contributed by atoms with E-state index >= 15 is 0 Å². The molecule has 0 radical (unpaired) electrons. The fraction of sp³-hybridized carbons (Fsp3) is 0.286. The number of aromatic nitrogens is 4. The van der Waals surface area contributed by atoms with Gasteiger partial charge in [0, 0.05) is 38.3 Å². The van der Waals surface area contributed by atoms with Crippen molar-refractivity contribution >= 4 is 63.5 Å². The number of nitrogens with zero attached hydrogens (tertiary/aromatic N) is 8. The maximum absolute atomic E-state index is 11.2. The zero-order valence-corrected chi connectivity index (χ0v) is 20.7. The summed E-state index contributed by atoms with van der Waals surface area (Å²) in [4.78, 5) is 33.4. The first-order valence-electron chi connectivity index (χ1n) is 10.5. The first-order chi connectivity index (χ1) is 16.9. The summed E-state index contributed by atoms with van der Waals surface area (Å²) in [5, 5.41) is 11.8. The number of nitro groups is 1. The highest BCUT2D eigenvalue weighted by Gasteiger charge is 2.26. The first-order valence-corrected chi connectivity index (χ1v) is 11.7. The molecule has 1 aliphatic heterocycles. The molecule has 4 rings (SSSR count). The molecule has 0 amide bonds. The SMILES string of the molecule is O=[N+]([O-])c1ccc(N(C(=S)N(CCN2CCOCC2)c2cncc(Cl)n2)c2cncc(Cl)n2)cc1. The Morgan fingerprint density at radius 2 is 1.63 bits per heavy atom. The monoisotopic (exact) mass is 534 g/mol. The number of ether oxygens (including phenoxy) is 1. The van der Waals surface area contributed by atoms with E-state index in [1.54, 1.807) is 28.1 Å². The van der Waals surface area contributed by atoms with Crippen LogP contribution in [0.4, 0.5) is 23.0 Å². The van der Waals surface area contributed by atoms with Crippen LogP contribution in [-0.2, 0) is 4.74 Å². The van der Waals surface area contributed by atoms with E-state index in [1.165, 1.54) is 30.7 Å². The molecule has 35 heavy (non-hydrogen) atoms. The van der Waals surface area contributed by atoms with Crippen LogP contribution in [-0.4, -0.2) is 74.3 Å². The van der Waals surface area contributed by atoms with E-state index in [0.717, 1.165) is 13.1 Å². The van der Waals surface area contributed by atoms with Crippen molar-refractivity contribution in [1.29, 1.82) is 0 Å². The molecule has 0 aliphatic carbocycles. The van der Waals surface area contributed by atoms with Crippen LogP contribution in [0.25, 0.3) is 0 Å². The lowest BCUT2D eigenvalue weighted by Gasteiger charge is -2.34. The van der Waals surface area contributed by atoms with Crippen LogP contribution in [0.2, 0.25) is 10.3 Å². The lowest BCUT2D eigenvalue weighted by molar-refractivity contribution is -0.384. The predicted molar refractivity (Wildman–Crippen MR) is 137 cm³/mol. The van der Waals surface area contributed by atoms with Crippen LogP contribution >= 0.6 is 35.4 Å². The average Bonchev–Trinajstić information content (AvgIpc) is 2.85. The lowest BCUT2D eigenvalue weighted by Crippen LogP contribution is -2.47. The Balaban J connectivity index is 1.72. The number of non-ortho nitro benzene ring substituents is 1. The van der Waals surface area contributed by atoms with Crippen molar-refractivity contribution in [3.8, 4) is 0 Å². The van der Waals surface area contributed by atoms with E-state index in [0.29, 0.717) is 48.7 Å². The van der Waals surface area contributed by atoms with Crippen LogP contribution < -0.4 is 9.80 Å². The number of morpholine rings is 1. The smallest absolute Gasteiger partial charge is 0.269 e. The summed E-state index contributed by atoms with van der Waals surface area (Å²) < 4.78 is 5.44. The quantitative estimate of drug-likeness (QED) is 0.250. The van der Waals surface area contributed by atoms with Crippen LogP contribution in [0.15, 0.2) is 49.1 Å². The third kappa shape index (κ3) is 6.35. The Kier molecular flexibility index (Phi) is 8.31. The molecule has 3 heterocycles. The maximum atomic E-state index is 11.2. The summed E-state index contributed by atoms with van der Waals surface area (Å²) in [5.41, 5.74) is 0.477. The Hall–Kier alpha value is -3.03. The van der Waals surface area contributed by atoms with Crippen molar-refractivity contribution in [2.75, 3.05) is 49.2 Å². The molecule has 0 atom stereocenters. The van der Waals surface area contributed by atoms with Gasteiger partial charge in [-0.05, 0) is 24.4 Å². The third-order valence-electron chi connectivity index (χ3n) is 5.17. The van der Waals surface area contributed by atoms with Gasteiger partial charge in [0.2, 0.25) is 0 Å². The molecule has 1 saturated heterocycles. The summed E-state index contributed by atoms with van der Waals surface area (Å²) in [6, 6.07) is 5.94. The number of nitro benzene ring substituents is 1. The van der Waals surface area contributed by atoms with Crippen LogP contribution in [0.3, 0.4) is 0 Å². The Morgan fingerprint density at radius 3 is 2.23 bits per heavy atom. The third-order valence-corrected chi connectivity index (χ3v) is 5.94. The van der Waals surface area contributed by atoms with Gasteiger partial charge in [0.25, 0.3) is 5.69 Å². The molecule has 1 fully saturated rings. The van der Waals surface area contributed by atoms with E-state index in [2.05, 4.69) is 24.8 Å². The minimum Gasteiger partial charge on any atom is -0.379 e. The zero-order valence-electron chi connectivity index (χ0n) is 18.3. The molecule has 1 aliphatic rings. The summed E-state index contributed by atoms with van der Waals surface area (Å²) in [7, 11) is 0. The molecule has 14 heteroatoms. The van der Waals surface area contributed by atoms with Gasteiger partial charge < -0.3 is 9.64 Å². The van der Waals surface area contributed by atoms with Crippen molar-refractivity contribution < 1.29 is 9.66 Å². The van der Waals surface area contributed by atoms with Gasteiger partial charge in [-0.2, -0.15) is 0 Å². The normalized spacial score (nSPS) is 13.9. The highest BCUT2D eigenvalue weighted by atomic mass is 35.5. The molecule has 3 aromatic rings. The largest absolute Gasteiger partial charge is 0.379 e. The van der Waals surface area contributed by atoms with Crippen LogP contribution in [0.1, 0.15) is 0 Å². The molecule has 0 saturated carbocycles. The Morgan fingerprint density at radius 1 is 1.03 bits per heavy atom. The number of hydrogen-bond donors (Lipinski definition) is 0. The Labute approximate surface area is 216 Å². The minimum atomic E-state index is -0.470. The van der Waals surface area contributed by atoms with E-state index < -0.39 is 4.92 Å². The van der Waals surface area contributed by atoms with Gasteiger partial charge in [-0.15, -0.1) is 0 Å². The van der Waals surface area contributed by atoms with Crippen molar-refractivity contribution in [2.45, 2.75) is 0 Å². The van der Waals surface area contributed by atoms with Gasteiger partial charge in [-0.3, -0.25) is 29.9 Å². The molecular weight excluding hydrogens is 515 g/mol. The average molecular weight is 535 g/mol. The number of benzene rings is 1. The summed E-state index contributed by atoms with van der Waals surface area (Å²) >= 11 is 18.2. The fourth-order valence-corrected chi connectivity index (χ4v) is 4.13. The Bertz CT molecular complexity index is 1200. The fourth-order valence-electron chi connectivity index (χ4n) is 3.46. The molecule has 1 aromatic carbocycles. The van der Waals surface area contributed by atoms with Gasteiger partial charge in [-0.1, -0.05) is 23.2 Å². The maximum Gasteiger partial charge on any atom is 0.269 e. The zero-order chi connectivity index (χ0) is 24.8. The summed E-state index contributed by atoms with van der Waals surface area (Å²) in [6.45, 7) is 4.06. The molecule has 182 valence electrons. The number of thiocarbonyl (C=S) groups is 1. The highest BCUT2D eigenvalue weighted by Crippen LogP contribution is 2.29. The van der Waals surface area contributed by atoms with Gasteiger partial charge in [-0.25, -0.2) is 9.97 Å². The highest BCUT2D eigenvalue weighted by molar-refractivity contribution is 7.80. The topological polar surface area (TPSA) is 114 Å². The summed E-state index contributed by atoms with van der Waals surface area (Å²) in [6.07, 6.45) is 5.91. The molecule has 0 bridgehead atoms. The molecule has 11 nitrogen and oxygen atoms in total. The second kappa shape index (κ2) is 11.6. The van der Waals surface area contributed by atoms with Crippen molar-refractivity contribution in [3.05, 3.63) is 69.5 Å². The van der Waals surface area contributed by atoms with Crippen molar-refractivity contribution in [1.82, 2.24) is 24.8 Å². The van der Waals surface area contributed by atoms with Gasteiger partial charge >= 0.3 is 0 Å². The van der Waals surface area contributed by atoms with E-state index in [9.17, 15) is 10.1 Å². The number of anilines is 3. The second-order valence-electron chi connectivity index (χ2n) is 7.40. The van der Waals surface area contributed by atoms with E-state index in [4.69, 9.17) is 40.2 Å². The number of rotatable bonds is 7. The number of halogens is 2. The predicted octanol–water partition coefficient (Wildman–Crippen LogP) is 3.74. The standard InChI is InChI=1S/C21H20Cl2N8O3S/c22-17-11-24-13-19(26-17)29(6-5-28-7-9-34-10-8-28)21(35)30(20-14-25-12-18(23)27-20)15-1-3-16(4-2-15)31(32)33/h1-4,11-14H,5-10H2. The van der Waals surface area contributed by atoms with Gasteiger partial charge in [0.15, 0.2) is 16.7 Å². The van der Waals surface area contributed by atoms with E-state index in [-0.39, 0.29) is 16.0 Å². The van der Waals surface area contributed by atoms with E-state index in [1.807, 2.05) is 0 Å². The molecule has 2 aromatic heterocycles.